The molecule has 3 atom stereocenters. The Labute approximate surface area is 87.9 Å². The van der Waals surface area contributed by atoms with Gasteiger partial charge in [-0.3, -0.25) is 0 Å². The van der Waals surface area contributed by atoms with Gasteiger partial charge in [-0.2, -0.15) is 4.37 Å². The zero-order valence-corrected chi connectivity index (χ0v) is 9.25. The minimum Gasteiger partial charge on any atom is -0.480 e. The second kappa shape index (κ2) is 3.87. The topological polar surface area (TPSA) is 42.4 Å². The minimum absolute atomic E-state index is 0.145. The van der Waals surface area contributed by atoms with E-state index in [0.29, 0.717) is 17.7 Å². The molecule has 0 saturated heterocycles. The average Bonchev–Trinajstić information content (AvgIpc) is 2.75. The van der Waals surface area contributed by atoms with Crippen LogP contribution in [0.1, 0.15) is 30.6 Å². The fourth-order valence-electron chi connectivity index (χ4n) is 2.09. The minimum atomic E-state index is -0.145. The lowest BCUT2D eigenvalue weighted by Crippen LogP contribution is -2.13. The predicted octanol–water partition coefficient (Wildman–Crippen LogP) is 2.03. The molecule has 0 aliphatic heterocycles. The molecule has 3 nitrogen and oxygen atoms in total. The van der Waals surface area contributed by atoms with Gasteiger partial charge in [0.05, 0.1) is 13.2 Å². The highest BCUT2D eigenvalue weighted by Crippen LogP contribution is 2.41. The van der Waals surface area contributed by atoms with Crippen molar-refractivity contribution in [1.29, 1.82) is 0 Å². The van der Waals surface area contributed by atoms with Crippen LogP contribution < -0.4 is 4.74 Å². The van der Waals surface area contributed by atoms with Crippen molar-refractivity contribution in [2.24, 2.45) is 5.92 Å². The number of hydrogen-bond donors (Lipinski definition) is 1. The zero-order chi connectivity index (χ0) is 10.1. The first-order chi connectivity index (χ1) is 6.72. The molecule has 1 N–H and O–H groups in total. The number of ether oxygens (including phenoxy) is 1. The lowest BCUT2D eigenvalue weighted by molar-refractivity contribution is 0.137. The van der Waals surface area contributed by atoms with Crippen molar-refractivity contribution in [3.8, 4) is 5.88 Å². The lowest BCUT2D eigenvalue weighted by atomic mass is 9.95. The van der Waals surface area contributed by atoms with Crippen LogP contribution in [0, 0.1) is 5.92 Å². The summed E-state index contributed by atoms with van der Waals surface area (Å²) in [7, 11) is 1.63. The standard InChI is InChI=1S/C10H15NO2S/c1-6-7(3-4-8(6)12)9-5-10(13-2)11-14-9/h5-8,12H,3-4H2,1-2H3. The van der Waals surface area contributed by atoms with Crippen molar-refractivity contribution in [3.63, 3.8) is 0 Å². The van der Waals surface area contributed by atoms with Crippen molar-refractivity contribution in [2.45, 2.75) is 31.8 Å². The predicted molar refractivity (Wildman–Crippen MR) is 55.8 cm³/mol. The summed E-state index contributed by atoms with van der Waals surface area (Å²) in [6.45, 7) is 2.11. The lowest BCUT2D eigenvalue weighted by Gasteiger charge is -2.14. The summed E-state index contributed by atoms with van der Waals surface area (Å²) >= 11 is 1.49. The van der Waals surface area contributed by atoms with E-state index in [9.17, 15) is 5.11 Å². The Morgan fingerprint density at radius 2 is 2.36 bits per heavy atom. The first-order valence-electron chi connectivity index (χ1n) is 4.91. The highest BCUT2D eigenvalue weighted by atomic mass is 32.1. The summed E-state index contributed by atoms with van der Waals surface area (Å²) in [5.74, 6) is 1.50. The zero-order valence-electron chi connectivity index (χ0n) is 8.43. The normalized spacial score (nSPS) is 32.1. The van der Waals surface area contributed by atoms with E-state index in [1.54, 1.807) is 7.11 Å². The summed E-state index contributed by atoms with van der Waals surface area (Å²) in [5.41, 5.74) is 0. The molecule has 3 unspecified atom stereocenters. The van der Waals surface area contributed by atoms with Gasteiger partial charge in [-0.25, -0.2) is 0 Å². The van der Waals surface area contributed by atoms with Crippen molar-refractivity contribution < 1.29 is 9.84 Å². The molecule has 0 radical (unpaired) electrons. The Kier molecular flexibility index (Phi) is 2.74. The van der Waals surface area contributed by atoms with E-state index < -0.39 is 0 Å². The fourth-order valence-corrected chi connectivity index (χ4v) is 3.03. The molecule has 14 heavy (non-hydrogen) atoms. The number of methoxy groups -OCH3 is 1. The van der Waals surface area contributed by atoms with Crippen LogP contribution in [0.2, 0.25) is 0 Å². The van der Waals surface area contributed by atoms with Crippen LogP contribution in [0.5, 0.6) is 5.88 Å². The van der Waals surface area contributed by atoms with Crippen molar-refractivity contribution >= 4 is 11.5 Å². The fraction of sp³-hybridized carbons (Fsp3) is 0.700. The second-order valence-corrected chi connectivity index (χ2v) is 4.72. The summed E-state index contributed by atoms with van der Waals surface area (Å²) in [6.07, 6.45) is 1.83. The van der Waals surface area contributed by atoms with Gasteiger partial charge in [0.1, 0.15) is 0 Å². The van der Waals surface area contributed by atoms with Crippen LogP contribution in [0.4, 0.5) is 0 Å². The Hall–Kier alpha value is -0.610. The largest absolute Gasteiger partial charge is 0.480 e. The summed E-state index contributed by atoms with van der Waals surface area (Å²) in [5, 5.41) is 9.65. The molecule has 4 heteroatoms. The number of aromatic nitrogens is 1. The van der Waals surface area contributed by atoms with E-state index in [-0.39, 0.29) is 6.10 Å². The maximum absolute atomic E-state index is 9.65. The van der Waals surface area contributed by atoms with Crippen LogP contribution in [0.15, 0.2) is 6.07 Å². The first-order valence-corrected chi connectivity index (χ1v) is 5.68. The number of hydrogen-bond acceptors (Lipinski definition) is 4. The first kappa shape index (κ1) is 9.93. The Morgan fingerprint density at radius 3 is 2.86 bits per heavy atom. The third-order valence-corrected chi connectivity index (χ3v) is 4.00. The monoisotopic (exact) mass is 213 g/mol. The molecular formula is C10H15NO2S. The summed E-state index contributed by atoms with van der Waals surface area (Å²) in [6, 6.07) is 1.99. The molecule has 1 fully saturated rings. The Morgan fingerprint density at radius 1 is 1.57 bits per heavy atom. The molecule has 2 rings (SSSR count). The van der Waals surface area contributed by atoms with E-state index in [1.165, 1.54) is 16.4 Å². The Balaban J connectivity index is 2.15. The van der Waals surface area contributed by atoms with Gasteiger partial charge in [0, 0.05) is 16.9 Å². The Bertz CT molecular complexity index is 313. The number of aliphatic hydroxyl groups excluding tert-OH is 1. The van der Waals surface area contributed by atoms with Crippen molar-refractivity contribution in [2.75, 3.05) is 7.11 Å². The molecule has 1 aromatic heterocycles. The van der Waals surface area contributed by atoms with Crippen molar-refractivity contribution in [3.05, 3.63) is 10.9 Å². The van der Waals surface area contributed by atoms with Crippen LogP contribution in [0.25, 0.3) is 0 Å². The molecule has 78 valence electrons. The summed E-state index contributed by atoms with van der Waals surface area (Å²) in [4.78, 5) is 1.24. The number of rotatable bonds is 2. The van der Waals surface area contributed by atoms with E-state index in [4.69, 9.17) is 4.74 Å². The third-order valence-electron chi connectivity index (χ3n) is 3.10. The smallest absolute Gasteiger partial charge is 0.225 e. The molecule has 1 aliphatic carbocycles. The van der Waals surface area contributed by atoms with Crippen molar-refractivity contribution in [1.82, 2.24) is 4.37 Å². The number of aliphatic hydroxyl groups is 1. The van der Waals surface area contributed by atoms with E-state index in [1.807, 2.05) is 6.07 Å². The molecule has 0 spiro atoms. The molecule has 0 amide bonds. The quantitative estimate of drug-likeness (QED) is 0.817. The van der Waals surface area contributed by atoms with Gasteiger partial charge in [-0.05, 0) is 30.3 Å². The van der Waals surface area contributed by atoms with Gasteiger partial charge in [0.15, 0.2) is 0 Å². The maximum Gasteiger partial charge on any atom is 0.225 e. The molecular weight excluding hydrogens is 198 g/mol. The highest BCUT2D eigenvalue weighted by Gasteiger charge is 2.33. The molecule has 1 saturated carbocycles. The van der Waals surface area contributed by atoms with Crippen LogP contribution in [-0.2, 0) is 0 Å². The van der Waals surface area contributed by atoms with Gasteiger partial charge >= 0.3 is 0 Å². The van der Waals surface area contributed by atoms with E-state index >= 15 is 0 Å². The van der Waals surface area contributed by atoms with Crippen LogP contribution in [0.3, 0.4) is 0 Å². The van der Waals surface area contributed by atoms with Gasteiger partial charge in [-0.15, -0.1) is 0 Å². The molecule has 1 aliphatic rings. The highest BCUT2D eigenvalue weighted by molar-refractivity contribution is 7.06. The van der Waals surface area contributed by atoms with Crippen LogP contribution >= 0.6 is 11.5 Å². The third kappa shape index (κ3) is 1.64. The molecule has 0 aromatic carbocycles. The van der Waals surface area contributed by atoms with E-state index in [0.717, 1.165) is 12.8 Å². The van der Waals surface area contributed by atoms with Gasteiger partial charge in [0.2, 0.25) is 5.88 Å². The van der Waals surface area contributed by atoms with E-state index in [2.05, 4.69) is 11.3 Å². The van der Waals surface area contributed by atoms with Gasteiger partial charge < -0.3 is 9.84 Å². The van der Waals surface area contributed by atoms with Crippen LogP contribution in [-0.4, -0.2) is 22.7 Å². The number of nitrogens with zero attached hydrogens (tertiary/aromatic N) is 1. The van der Waals surface area contributed by atoms with Gasteiger partial charge in [0.25, 0.3) is 0 Å². The molecule has 0 bridgehead atoms. The molecule has 1 heterocycles. The van der Waals surface area contributed by atoms with Gasteiger partial charge in [-0.1, -0.05) is 6.92 Å². The second-order valence-electron chi connectivity index (χ2n) is 3.88. The molecule has 1 aromatic rings. The summed E-state index contributed by atoms with van der Waals surface area (Å²) < 4.78 is 9.23. The maximum atomic E-state index is 9.65. The SMILES string of the molecule is COc1cc(C2CCC(O)C2C)sn1. The average molecular weight is 213 g/mol.